The monoisotopic (exact) mass is 204 g/mol. The average molecular weight is 205 g/mol. The minimum atomic E-state index is -4.71. The Kier molecular flexibility index (Phi) is 2.66. The lowest BCUT2D eigenvalue weighted by Crippen LogP contribution is -2.28. The zero-order chi connectivity index (χ0) is 7.65. The van der Waals surface area contributed by atoms with E-state index < -0.39 is 16.8 Å². The normalized spacial score (nSPS) is 15.2. The van der Waals surface area contributed by atoms with Gasteiger partial charge < -0.3 is 0 Å². The number of alkyl halides is 4. The molecular formula is C4H4BrF3O. The molecule has 0 aliphatic heterocycles. The molecule has 0 aliphatic carbocycles. The fourth-order valence-electron chi connectivity index (χ4n) is 0.226. The molecule has 0 unspecified atom stereocenters. The van der Waals surface area contributed by atoms with Crippen molar-refractivity contribution in [3.8, 4) is 0 Å². The van der Waals surface area contributed by atoms with Crippen LogP contribution in [0, 0.1) is 0 Å². The van der Waals surface area contributed by atoms with E-state index in [-0.39, 0.29) is 0 Å². The number of carbonyl (C=O) groups excluding carboxylic acids is 1. The Bertz CT molecular complexity index is 117. The molecule has 0 amide bonds. The predicted octanol–water partition coefficient (Wildman–Crippen LogP) is 1.90. The summed E-state index contributed by atoms with van der Waals surface area (Å²) in [5, 5.41) is 0. The zero-order valence-corrected chi connectivity index (χ0v) is 6.08. The summed E-state index contributed by atoms with van der Waals surface area (Å²) in [7, 11) is 0. The molecule has 0 saturated heterocycles. The molecule has 0 spiro atoms. The number of hydrogen-bond donors (Lipinski definition) is 0. The van der Waals surface area contributed by atoms with Crippen molar-refractivity contribution in [1.29, 1.82) is 0 Å². The van der Waals surface area contributed by atoms with Gasteiger partial charge in [0, 0.05) is 0 Å². The summed E-state index contributed by atoms with van der Waals surface area (Å²) in [6, 6.07) is 0. The minimum Gasteiger partial charge on any atom is -0.288 e. The van der Waals surface area contributed by atoms with E-state index in [1.807, 2.05) is 0 Å². The van der Waals surface area contributed by atoms with Gasteiger partial charge in [-0.3, -0.25) is 4.79 Å². The first-order chi connectivity index (χ1) is 3.85. The fourth-order valence-corrected chi connectivity index (χ4v) is 0.485. The maximum Gasteiger partial charge on any atom is 0.451 e. The summed E-state index contributed by atoms with van der Waals surface area (Å²) >= 11 is 2.51. The fraction of sp³-hybridized carbons (Fsp3) is 0.750. The maximum atomic E-state index is 11.3. The number of hydrogen-bond acceptors (Lipinski definition) is 1. The first-order valence-corrected chi connectivity index (χ1v) is 3.02. The summed E-state index contributed by atoms with van der Waals surface area (Å²) in [5.74, 6) is -1.75. The van der Waals surface area contributed by atoms with E-state index in [9.17, 15) is 18.0 Å². The summed E-state index contributed by atoms with van der Waals surface area (Å²) in [6.45, 7) is 1.13. The molecule has 0 aromatic rings. The van der Waals surface area contributed by atoms with Gasteiger partial charge in [0.1, 0.15) is 0 Å². The Hall–Kier alpha value is -0.0600. The molecule has 0 aromatic carbocycles. The zero-order valence-electron chi connectivity index (χ0n) is 4.50. The molecule has 0 fully saturated rings. The van der Waals surface area contributed by atoms with E-state index in [0.717, 1.165) is 6.92 Å². The summed E-state index contributed by atoms with van der Waals surface area (Å²) < 4.78 is 34.0. The van der Waals surface area contributed by atoms with E-state index in [0.29, 0.717) is 0 Å². The highest BCUT2D eigenvalue weighted by molar-refractivity contribution is 9.10. The number of rotatable bonds is 1. The Morgan fingerprint density at radius 1 is 1.56 bits per heavy atom. The van der Waals surface area contributed by atoms with Crippen LogP contribution in [0.4, 0.5) is 13.2 Å². The quantitative estimate of drug-likeness (QED) is 0.597. The second kappa shape index (κ2) is 2.68. The molecule has 0 heterocycles. The van der Waals surface area contributed by atoms with E-state index >= 15 is 0 Å². The van der Waals surface area contributed by atoms with Crippen LogP contribution in [0.15, 0.2) is 0 Å². The van der Waals surface area contributed by atoms with Crippen LogP contribution >= 0.6 is 15.9 Å². The Morgan fingerprint density at radius 2 is 1.89 bits per heavy atom. The van der Waals surface area contributed by atoms with Crippen molar-refractivity contribution in [3.63, 3.8) is 0 Å². The van der Waals surface area contributed by atoms with Gasteiger partial charge in [-0.25, -0.2) is 0 Å². The molecule has 0 radical (unpaired) electrons. The summed E-state index contributed by atoms with van der Waals surface area (Å²) in [5.41, 5.74) is 0. The molecule has 54 valence electrons. The van der Waals surface area contributed by atoms with Crippen molar-refractivity contribution in [2.24, 2.45) is 0 Å². The van der Waals surface area contributed by atoms with Crippen molar-refractivity contribution in [2.75, 3.05) is 0 Å². The van der Waals surface area contributed by atoms with Crippen LogP contribution in [-0.2, 0) is 4.79 Å². The van der Waals surface area contributed by atoms with E-state index in [4.69, 9.17) is 0 Å². The van der Waals surface area contributed by atoms with Crippen LogP contribution in [0.3, 0.4) is 0 Å². The molecule has 0 saturated carbocycles. The maximum absolute atomic E-state index is 11.3. The number of Topliss-reactive ketones (excluding diaryl/α,β-unsaturated/α-hetero) is 1. The van der Waals surface area contributed by atoms with Gasteiger partial charge in [-0.1, -0.05) is 15.9 Å². The van der Waals surface area contributed by atoms with Gasteiger partial charge >= 0.3 is 6.18 Å². The first-order valence-electron chi connectivity index (χ1n) is 2.11. The third kappa shape index (κ3) is 2.84. The van der Waals surface area contributed by atoms with Crippen molar-refractivity contribution in [3.05, 3.63) is 0 Å². The molecule has 0 rings (SSSR count). The first kappa shape index (κ1) is 8.94. The highest BCUT2D eigenvalue weighted by Gasteiger charge is 2.40. The molecule has 0 aromatic heterocycles. The van der Waals surface area contributed by atoms with Gasteiger partial charge in [0.25, 0.3) is 0 Å². The summed E-state index contributed by atoms with van der Waals surface area (Å²) in [4.78, 5) is 8.85. The van der Waals surface area contributed by atoms with Crippen LogP contribution in [0.5, 0.6) is 0 Å². The van der Waals surface area contributed by atoms with Crippen LogP contribution < -0.4 is 0 Å². The second-order valence-electron chi connectivity index (χ2n) is 1.48. The van der Waals surface area contributed by atoms with Crippen LogP contribution in [-0.4, -0.2) is 16.8 Å². The highest BCUT2D eigenvalue weighted by Crippen LogP contribution is 2.20. The van der Waals surface area contributed by atoms with Gasteiger partial charge in [0.2, 0.25) is 5.78 Å². The van der Waals surface area contributed by atoms with Crippen molar-refractivity contribution < 1.29 is 18.0 Å². The van der Waals surface area contributed by atoms with Crippen molar-refractivity contribution in [1.82, 2.24) is 0 Å². The van der Waals surface area contributed by atoms with E-state index in [2.05, 4.69) is 15.9 Å². The lowest BCUT2D eigenvalue weighted by atomic mass is 10.3. The van der Waals surface area contributed by atoms with Gasteiger partial charge in [-0.05, 0) is 6.92 Å². The van der Waals surface area contributed by atoms with Crippen LogP contribution in [0.25, 0.3) is 0 Å². The van der Waals surface area contributed by atoms with E-state index in [1.165, 1.54) is 0 Å². The number of ketones is 1. The number of halogens is 4. The molecular weight excluding hydrogens is 201 g/mol. The highest BCUT2D eigenvalue weighted by atomic mass is 79.9. The molecule has 0 bridgehead atoms. The van der Waals surface area contributed by atoms with Crippen molar-refractivity contribution in [2.45, 2.75) is 17.9 Å². The predicted molar refractivity (Wildman–Crippen MR) is 29.5 cm³/mol. The molecule has 1 atom stereocenters. The standard InChI is InChI=1S/C4H4BrF3O/c1-2(5)3(9)4(6,7)8/h2H,1H3/t2-/m0/s1. The Labute approximate surface area is 58.4 Å². The average Bonchev–Trinajstić information content (AvgIpc) is 1.62. The molecule has 9 heavy (non-hydrogen) atoms. The lowest BCUT2D eigenvalue weighted by molar-refractivity contribution is -0.169. The van der Waals surface area contributed by atoms with Crippen LogP contribution in [0.1, 0.15) is 6.92 Å². The SMILES string of the molecule is C[C@H](Br)C(=O)C(F)(F)F. The largest absolute Gasteiger partial charge is 0.451 e. The smallest absolute Gasteiger partial charge is 0.288 e. The lowest BCUT2D eigenvalue weighted by Gasteiger charge is -2.04. The third-order valence-electron chi connectivity index (χ3n) is 0.641. The molecule has 5 heteroatoms. The number of carbonyl (C=O) groups is 1. The summed E-state index contributed by atoms with van der Waals surface area (Å²) in [6.07, 6.45) is -4.71. The van der Waals surface area contributed by atoms with Gasteiger partial charge in [-0.2, -0.15) is 13.2 Å². The van der Waals surface area contributed by atoms with Crippen LogP contribution in [0.2, 0.25) is 0 Å². The van der Waals surface area contributed by atoms with Gasteiger partial charge in [0.15, 0.2) is 0 Å². The van der Waals surface area contributed by atoms with Gasteiger partial charge in [0.05, 0.1) is 4.83 Å². The van der Waals surface area contributed by atoms with Gasteiger partial charge in [-0.15, -0.1) is 0 Å². The Balaban J connectivity index is 4.06. The molecule has 0 N–H and O–H groups in total. The van der Waals surface area contributed by atoms with E-state index in [1.54, 1.807) is 0 Å². The Morgan fingerprint density at radius 3 is 1.89 bits per heavy atom. The molecule has 0 aliphatic rings. The molecule has 1 nitrogen and oxygen atoms in total. The minimum absolute atomic E-state index is 1.13. The topological polar surface area (TPSA) is 17.1 Å². The second-order valence-corrected chi connectivity index (χ2v) is 2.85. The third-order valence-corrected chi connectivity index (χ3v) is 1.06. The van der Waals surface area contributed by atoms with Crippen molar-refractivity contribution >= 4 is 21.7 Å².